The fourth-order valence-corrected chi connectivity index (χ4v) is 6.32. The Morgan fingerprint density at radius 2 is 1.87 bits per heavy atom. The van der Waals surface area contributed by atoms with E-state index < -0.39 is 23.3 Å². The van der Waals surface area contributed by atoms with E-state index in [4.69, 9.17) is 4.74 Å². The molecule has 0 unspecified atom stereocenters. The molecular weight excluding hydrogens is 487 g/mol. The smallest absolute Gasteiger partial charge is 0.135 e. The second kappa shape index (κ2) is 10.6. The van der Waals surface area contributed by atoms with E-state index in [0.29, 0.717) is 18.9 Å². The highest BCUT2D eigenvalue weighted by molar-refractivity contribution is 5.85. The summed E-state index contributed by atoms with van der Waals surface area (Å²) in [6, 6.07) is 9.73. The first-order valence-corrected chi connectivity index (χ1v) is 14.0. The molecule has 4 nitrogen and oxygen atoms in total. The molecule has 38 heavy (non-hydrogen) atoms. The van der Waals surface area contributed by atoms with Crippen LogP contribution in [0.1, 0.15) is 70.3 Å². The summed E-state index contributed by atoms with van der Waals surface area (Å²) < 4.78 is 52.5. The predicted molar refractivity (Wildman–Crippen MR) is 146 cm³/mol. The second-order valence-corrected chi connectivity index (χ2v) is 11.9. The van der Waals surface area contributed by atoms with Crippen LogP contribution in [0.15, 0.2) is 36.4 Å². The number of fused-ring (bicyclic) bond motifs is 3. The van der Waals surface area contributed by atoms with E-state index in [1.165, 1.54) is 32.4 Å². The molecule has 2 aliphatic rings. The number of likely N-dealkylation sites (tertiary alicyclic amines) is 1. The first-order chi connectivity index (χ1) is 18.1. The number of H-pyrrole nitrogens is 1. The van der Waals surface area contributed by atoms with Crippen LogP contribution < -0.4 is 4.74 Å². The number of aromatic amines is 1. The largest absolute Gasteiger partial charge is 0.492 e. The molecular formula is C31H40F3N3O. The summed E-state index contributed by atoms with van der Waals surface area (Å²) in [6.45, 7) is 11.8. The third kappa shape index (κ3) is 5.32. The maximum Gasteiger partial charge on any atom is 0.135 e. The molecule has 0 spiro atoms. The molecule has 2 aliphatic heterocycles. The molecule has 1 aromatic heterocycles. The maximum absolute atomic E-state index is 15.8. The molecule has 3 aromatic rings. The lowest BCUT2D eigenvalue weighted by Gasteiger charge is -2.43. The van der Waals surface area contributed by atoms with Crippen LogP contribution in [0.25, 0.3) is 10.9 Å². The van der Waals surface area contributed by atoms with Crippen molar-refractivity contribution in [2.45, 2.75) is 77.7 Å². The highest BCUT2D eigenvalue weighted by Crippen LogP contribution is 2.43. The van der Waals surface area contributed by atoms with Gasteiger partial charge in [-0.05, 0) is 64.6 Å². The SMILES string of the molecule is CC[C@@H]1CCN([C@@H](C)COc2cc(F)c([C@@H]3c4[nH]c5ccccc5c4C[C@@H](C)N3CC(C)(C)F)c(F)c2)C1. The Morgan fingerprint density at radius 1 is 1.16 bits per heavy atom. The van der Waals surface area contributed by atoms with Crippen molar-refractivity contribution in [1.82, 2.24) is 14.8 Å². The maximum atomic E-state index is 15.8. The van der Waals surface area contributed by atoms with Gasteiger partial charge in [-0.2, -0.15) is 0 Å². The van der Waals surface area contributed by atoms with Crippen molar-refractivity contribution in [3.63, 3.8) is 0 Å². The van der Waals surface area contributed by atoms with E-state index in [2.05, 4.69) is 23.7 Å². The molecule has 3 heterocycles. The van der Waals surface area contributed by atoms with Crippen LogP contribution in [0, 0.1) is 17.6 Å². The second-order valence-electron chi connectivity index (χ2n) is 11.9. The van der Waals surface area contributed by atoms with Crippen molar-refractivity contribution < 1.29 is 17.9 Å². The van der Waals surface area contributed by atoms with Crippen LogP contribution in [0.5, 0.6) is 5.75 Å². The van der Waals surface area contributed by atoms with E-state index >= 15 is 8.78 Å². The minimum absolute atomic E-state index is 0.0525. The summed E-state index contributed by atoms with van der Waals surface area (Å²) in [7, 11) is 0. The number of alkyl halides is 1. The molecule has 7 heteroatoms. The van der Waals surface area contributed by atoms with Crippen LogP contribution in [0.3, 0.4) is 0 Å². The number of aromatic nitrogens is 1. The number of hydrogen-bond donors (Lipinski definition) is 1. The average Bonchev–Trinajstić information content (AvgIpc) is 3.48. The molecule has 1 fully saturated rings. The van der Waals surface area contributed by atoms with Gasteiger partial charge in [-0.25, -0.2) is 13.2 Å². The van der Waals surface area contributed by atoms with E-state index in [1.54, 1.807) is 0 Å². The highest BCUT2D eigenvalue weighted by Gasteiger charge is 2.41. The number of halogens is 3. The van der Waals surface area contributed by atoms with Gasteiger partial charge in [0.15, 0.2) is 0 Å². The molecule has 2 aromatic carbocycles. The zero-order chi connectivity index (χ0) is 27.2. The van der Waals surface area contributed by atoms with Gasteiger partial charge in [0.25, 0.3) is 0 Å². The minimum atomic E-state index is -1.53. The fourth-order valence-electron chi connectivity index (χ4n) is 6.32. The molecule has 0 aliphatic carbocycles. The summed E-state index contributed by atoms with van der Waals surface area (Å²) in [5, 5.41) is 1.04. The first kappa shape index (κ1) is 27.1. The first-order valence-electron chi connectivity index (χ1n) is 14.0. The lowest BCUT2D eigenvalue weighted by Crippen LogP contribution is -2.48. The highest BCUT2D eigenvalue weighted by atomic mass is 19.1. The normalized spacial score (nSPS) is 23.6. The van der Waals surface area contributed by atoms with E-state index in [-0.39, 0.29) is 29.9 Å². The average molecular weight is 528 g/mol. The monoisotopic (exact) mass is 527 g/mol. The standard InChI is InChI=1S/C31H40F3N3O/c1-6-21-11-12-36(16-21)20(3)17-38-22-14-25(32)28(26(33)15-22)30-29-24(23-9-7-8-10-27(23)35-29)13-19(2)37(30)18-31(4,5)34/h7-10,14-15,19-21,30,35H,6,11-13,16-18H2,1-5H3/t19-,20+,21-,30-/m1/s1. The zero-order valence-corrected chi connectivity index (χ0v) is 23.2. The summed E-state index contributed by atoms with van der Waals surface area (Å²) in [5.41, 5.74) is 1.08. The Morgan fingerprint density at radius 3 is 2.53 bits per heavy atom. The molecule has 206 valence electrons. The van der Waals surface area contributed by atoms with E-state index in [0.717, 1.165) is 41.7 Å². The summed E-state index contributed by atoms with van der Waals surface area (Å²) in [6.07, 6.45) is 3.01. The van der Waals surface area contributed by atoms with Crippen molar-refractivity contribution in [2.75, 3.05) is 26.2 Å². The van der Waals surface area contributed by atoms with Gasteiger partial charge in [0, 0.05) is 59.5 Å². The molecule has 0 radical (unpaired) electrons. The van der Waals surface area contributed by atoms with Crippen molar-refractivity contribution in [2.24, 2.45) is 5.92 Å². The van der Waals surface area contributed by atoms with E-state index in [1.807, 2.05) is 36.1 Å². The van der Waals surface area contributed by atoms with Gasteiger partial charge < -0.3 is 9.72 Å². The van der Waals surface area contributed by atoms with Crippen LogP contribution in [-0.2, 0) is 6.42 Å². The molecule has 1 saturated heterocycles. The predicted octanol–water partition coefficient (Wildman–Crippen LogP) is 7.03. The molecule has 1 N–H and O–H groups in total. The van der Waals surface area contributed by atoms with Crippen LogP contribution in [0.4, 0.5) is 13.2 Å². The third-order valence-electron chi connectivity index (χ3n) is 8.41. The molecule has 0 saturated carbocycles. The minimum Gasteiger partial charge on any atom is -0.492 e. The van der Waals surface area contributed by atoms with Gasteiger partial charge in [-0.3, -0.25) is 9.80 Å². The number of nitrogens with one attached hydrogen (secondary N) is 1. The number of nitrogens with zero attached hydrogens (tertiary/aromatic N) is 2. The van der Waals surface area contributed by atoms with Crippen molar-refractivity contribution in [3.05, 3.63) is 64.9 Å². The zero-order valence-electron chi connectivity index (χ0n) is 23.2. The van der Waals surface area contributed by atoms with Gasteiger partial charge in [0.05, 0.1) is 6.04 Å². The molecule has 5 rings (SSSR count). The lowest BCUT2D eigenvalue weighted by molar-refractivity contribution is 0.0642. The van der Waals surface area contributed by atoms with Crippen molar-refractivity contribution >= 4 is 10.9 Å². The number of para-hydroxylation sites is 1. The van der Waals surface area contributed by atoms with E-state index in [9.17, 15) is 4.39 Å². The van der Waals surface area contributed by atoms with Gasteiger partial charge in [0.2, 0.25) is 0 Å². The Bertz CT molecular complexity index is 1260. The van der Waals surface area contributed by atoms with Crippen molar-refractivity contribution in [1.29, 1.82) is 0 Å². The third-order valence-corrected chi connectivity index (χ3v) is 8.41. The Kier molecular flexibility index (Phi) is 7.53. The van der Waals surface area contributed by atoms with Gasteiger partial charge in [-0.15, -0.1) is 0 Å². The Hall–Kier alpha value is -2.51. The Labute approximate surface area is 224 Å². The van der Waals surface area contributed by atoms with Gasteiger partial charge in [0.1, 0.15) is 29.7 Å². The van der Waals surface area contributed by atoms with Crippen molar-refractivity contribution in [3.8, 4) is 5.75 Å². The number of rotatable bonds is 8. The van der Waals surface area contributed by atoms with Crippen LogP contribution in [-0.4, -0.2) is 58.8 Å². The molecule has 0 amide bonds. The fraction of sp³-hybridized carbons (Fsp3) is 0.548. The molecule has 4 atom stereocenters. The van der Waals surface area contributed by atoms with Gasteiger partial charge in [-0.1, -0.05) is 31.5 Å². The summed E-state index contributed by atoms with van der Waals surface area (Å²) in [4.78, 5) is 7.69. The number of hydrogen-bond acceptors (Lipinski definition) is 3. The summed E-state index contributed by atoms with van der Waals surface area (Å²) in [5.74, 6) is -0.466. The van der Waals surface area contributed by atoms with Crippen LogP contribution in [0.2, 0.25) is 0 Å². The quantitative estimate of drug-likeness (QED) is 0.341. The lowest BCUT2D eigenvalue weighted by atomic mass is 9.87. The number of ether oxygens (including phenoxy) is 1. The Balaban J connectivity index is 1.47. The molecule has 0 bridgehead atoms. The van der Waals surface area contributed by atoms with Crippen LogP contribution >= 0.6 is 0 Å². The number of benzene rings is 2. The topological polar surface area (TPSA) is 31.5 Å². The summed E-state index contributed by atoms with van der Waals surface area (Å²) >= 11 is 0. The van der Waals surface area contributed by atoms with Gasteiger partial charge >= 0.3 is 0 Å².